The number of methoxy groups -OCH3 is 1. The number of ether oxygens (including phenoxy) is 2. The normalized spacial score (nSPS) is 17.6. The summed E-state index contributed by atoms with van der Waals surface area (Å²) in [5, 5.41) is 6.14. The third kappa shape index (κ3) is 13.8. The number of hydrogen-bond donors (Lipinski definition) is 2. The molecule has 174 valence electrons. The Balaban J connectivity index is 0. The molecule has 1 aliphatic heterocycles. The fraction of sp³-hybridized carbons (Fsp3) is 0.913. The maximum Gasteiger partial charge on any atom is 0.223 e. The standard InChI is InChI=1S/C11H22N2O3.C10H18O.C2H6.H2/c1-15-8-9-16-7-6-13-11(14)10-2-4-12-5-3-10;1-8(2)10(11)9-6-4-3-5-7-9;1-2;/h10,12H,2-9H2,1H3,(H,13,14);8-9H,3-7H2,1-2H3;1-2H3;1H. The van der Waals surface area contributed by atoms with E-state index in [9.17, 15) is 9.59 Å². The molecular weight excluding hydrogens is 368 g/mol. The topological polar surface area (TPSA) is 76.7 Å². The Morgan fingerprint density at radius 3 is 2.14 bits per heavy atom. The molecule has 29 heavy (non-hydrogen) atoms. The first-order valence-corrected chi connectivity index (χ1v) is 11.6. The molecule has 0 spiro atoms. The SMILES string of the molecule is CC.CC(C)C(=O)C1CCCCC1.COCCOCCNC(=O)C1CCNCC1.[HH]. The number of piperidine rings is 1. The number of nitrogens with one attached hydrogen (secondary N) is 2. The molecule has 6 nitrogen and oxygen atoms in total. The Kier molecular flexibility index (Phi) is 18.4. The Morgan fingerprint density at radius 2 is 1.59 bits per heavy atom. The summed E-state index contributed by atoms with van der Waals surface area (Å²) in [5.41, 5.74) is 0. The van der Waals surface area contributed by atoms with E-state index in [1.807, 2.05) is 27.7 Å². The van der Waals surface area contributed by atoms with Crippen molar-refractivity contribution in [3.8, 4) is 0 Å². The Hall–Kier alpha value is -0.980. The third-order valence-electron chi connectivity index (χ3n) is 5.26. The summed E-state index contributed by atoms with van der Waals surface area (Å²) >= 11 is 0. The number of hydrogen-bond acceptors (Lipinski definition) is 5. The second-order valence-electron chi connectivity index (χ2n) is 7.81. The van der Waals surface area contributed by atoms with Crippen LogP contribution in [0.3, 0.4) is 0 Å². The first-order valence-electron chi connectivity index (χ1n) is 11.6. The number of ketones is 1. The number of carbonyl (C=O) groups is 2. The van der Waals surface area contributed by atoms with Crippen LogP contribution in [0.1, 0.15) is 74.1 Å². The van der Waals surface area contributed by atoms with Crippen LogP contribution in [0.4, 0.5) is 0 Å². The number of Topliss-reactive ketones (excluding diaryl/α,β-unsaturated/α-hetero) is 1. The van der Waals surface area contributed by atoms with Gasteiger partial charge in [0.25, 0.3) is 0 Å². The molecule has 0 aromatic carbocycles. The molecule has 0 radical (unpaired) electrons. The lowest BCUT2D eigenvalue weighted by atomic mass is 9.83. The van der Waals surface area contributed by atoms with Crippen LogP contribution in [0.5, 0.6) is 0 Å². The molecule has 0 unspecified atom stereocenters. The van der Waals surface area contributed by atoms with Gasteiger partial charge in [0.1, 0.15) is 5.78 Å². The molecule has 1 amide bonds. The number of rotatable bonds is 9. The van der Waals surface area contributed by atoms with Crippen molar-refractivity contribution in [3.63, 3.8) is 0 Å². The van der Waals surface area contributed by atoms with Crippen molar-refractivity contribution < 1.29 is 20.5 Å². The molecule has 2 rings (SSSR count). The molecule has 6 heteroatoms. The predicted molar refractivity (Wildman–Crippen MR) is 121 cm³/mol. The maximum absolute atomic E-state index is 11.7. The fourth-order valence-electron chi connectivity index (χ4n) is 3.58. The maximum atomic E-state index is 11.7. The van der Waals surface area contributed by atoms with Crippen molar-refractivity contribution in [2.45, 2.75) is 72.6 Å². The van der Waals surface area contributed by atoms with Gasteiger partial charge in [0, 0.05) is 32.8 Å². The van der Waals surface area contributed by atoms with Gasteiger partial charge < -0.3 is 20.1 Å². The lowest BCUT2D eigenvalue weighted by Gasteiger charge is -2.21. The van der Waals surface area contributed by atoms with Crippen LogP contribution in [-0.2, 0) is 19.1 Å². The lowest BCUT2D eigenvalue weighted by Crippen LogP contribution is -2.39. The van der Waals surface area contributed by atoms with Crippen LogP contribution in [0.25, 0.3) is 0 Å². The summed E-state index contributed by atoms with van der Waals surface area (Å²) < 4.78 is 10.1. The highest BCUT2D eigenvalue weighted by Crippen LogP contribution is 2.26. The average Bonchev–Trinajstić information content (AvgIpc) is 2.78. The van der Waals surface area contributed by atoms with E-state index < -0.39 is 0 Å². The first-order chi connectivity index (χ1) is 14.1. The molecule has 1 heterocycles. The van der Waals surface area contributed by atoms with E-state index in [2.05, 4.69) is 10.6 Å². The molecule has 1 saturated carbocycles. The molecule has 2 N–H and O–H groups in total. The third-order valence-corrected chi connectivity index (χ3v) is 5.26. The number of amides is 1. The Labute approximate surface area is 180 Å². The highest BCUT2D eigenvalue weighted by Gasteiger charge is 2.22. The minimum absolute atomic E-state index is 0. The second-order valence-corrected chi connectivity index (χ2v) is 7.81. The minimum atomic E-state index is 0. The highest BCUT2D eigenvalue weighted by atomic mass is 16.5. The van der Waals surface area contributed by atoms with Gasteiger partial charge in [0.15, 0.2) is 0 Å². The molecule has 0 aromatic rings. The zero-order chi connectivity index (χ0) is 21.9. The van der Waals surface area contributed by atoms with Gasteiger partial charge in [-0.25, -0.2) is 0 Å². The molecule has 1 aliphatic carbocycles. The second kappa shape index (κ2) is 19.0. The van der Waals surface area contributed by atoms with Crippen LogP contribution >= 0.6 is 0 Å². The van der Waals surface area contributed by atoms with Gasteiger partial charge in [0.2, 0.25) is 5.91 Å². The van der Waals surface area contributed by atoms with Gasteiger partial charge >= 0.3 is 0 Å². The molecule has 0 aromatic heterocycles. The minimum Gasteiger partial charge on any atom is -0.382 e. The van der Waals surface area contributed by atoms with E-state index in [0.29, 0.717) is 38.1 Å². The van der Waals surface area contributed by atoms with Gasteiger partial charge in [-0.1, -0.05) is 47.0 Å². The van der Waals surface area contributed by atoms with Crippen LogP contribution in [-0.4, -0.2) is 58.3 Å². The molecule has 1 saturated heterocycles. The van der Waals surface area contributed by atoms with Crippen molar-refractivity contribution in [2.24, 2.45) is 17.8 Å². The summed E-state index contributed by atoms with van der Waals surface area (Å²) in [5.74, 6) is 1.49. The summed E-state index contributed by atoms with van der Waals surface area (Å²) in [4.78, 5) is 23.2. The van der Waals surface area contributed by atoms with Crippen molar-refractivity contribution in [3.05, 3.63) is 0 Å². The smallest absolute Gasteiger partial charge is 0.223 e. The monoisotopic (exact) mass is 416 g/mol. The molecule has 2 aliphatic rings. The highest BCUT2D eigenvalue weighted by molar-refractivity contribution is 5.82. The van der Waals surface area contributed by atoms with Gasteiger partial charge in [-0.2, -0.15) is 0 Å². The van der Waals surface area contributed by atoms with Crippen LogP contribution in [0, 0.1) is 17.8 Å². The van der Waals surface area contributed by atoms with E-state index in [4.69, 9.17) is 9.47 Å². The van der Waals surface area contributed by atoms with Gasteiger partial charge in [-0.15, -0.1) is 0 Å². The Morgan fingerprint density at radius 1 is 0.966 bits per heavy atom. The van der Waals surface area contributed by atoms with Crippen molar-refractivity contribution >= 4 is 11.7 Å². The van der Waals surface area contributed by atoms with E-state index in [-0.39, 0.29) is 19.2 Å². The molecular formula is C23H48N2O4. The van der Waals surface area contributed by atoms with Crippen LogP contribution in [0.15, 0.2) is 0 Å². The molecule has 0 atom stereocenters. The van der Waals surface area contributed by atoms with E-state index in [0.717, 1.165) is 38.8 Å². The van der Waals surface area contributed by atoms with E-state index in [1.54, 1.807) is 7.11 Å². The molecule has 2 fully saturated rings. The summed E-state index contributed by atoms with van der Waals surface area (Å²) in [6.45, 7) is 12.2. The number of carbonyl (C=O) groups excluding carboxylic acids is 2. The average molecular weight is 417 g/mol. The van der Waals surface area contributed by atoms with Crippen molar-refractivity contribution in [1.82, 2.24) is 10.6 Å². The predicted octanol–water partition coefficient (Wildman–Crippen LogP) is 3.83. The van der Waals surface area contributed by atoms with Crippen LogP contribution < -0.4 is 10.6 Å². The first kappa shape index (κ1) is 28.0. The zero-order valence-electron chi connectivity index (χ0n) is 19.6. The lowest BCUT2D eigenvalue weighted by molar-refractivity contribution is -0.127. The van der Waals surface area contributed by atoms with Gasteiger partial charge in [-0.05, 0) is 38.8 Å². The largest absolute Gasteiger partial charge is 0.382 e. The van der Waals surface area contributed by atoms with E-state index in [1.165, 1.54) is 19.3 Å². The summed E-state index contributed by atoms with van der Waals surface area (Å²) in [6.07, 6.45) is 8.05. The van der Waals surface area contributed by atoms with Crippen molar-refractivity contribution in [1.29, 1.82) is 0 Å². The van der Waals surface area contributed by atoms with Gasteiger partial charge in [0.05, 0.1) is 19.8 Å². The zero-order valence-corrected chi connectivity index (χ0v) is 19.6. The van der Waals surface area contributed by atoms with Crippen molar-refractivity contribution in [2.75, 3.05) is 46.6 Å². The van der Waals surface area contributed by atoms with Crippen LogP contribution in [0.2, 0.25) is 0 Å². The summed E-state index contributed by atoms with van der Waals surface area (Å²) in [6, 6.07) is 0. The quantitative estimate of drug-likeness (QED) is 0.559. The summed E-state index contributed by atoms with van der Waals surface area (Å²) in [7, 11) is 1.64. The molecule has 0 bridgehead atoms. The van der Waals surface area contributed by atoms with Gasteiger partial charge in [-0.3, -0.25) is 9.59 Å². The fourth-order valence-corrected chi connectivity index (χ4v) is 3.58. The van der Waals surface area contributed by atoms with E-state index >= 15 is 0 Å². The Bertz CT molecular complexity index is 410.